The Morgan fingerprint density at radius 3 is 2.79 bits per heavy atom. The zero-order chi connectivity index (χ0) is 13.8. The monoisotopic (exact) mass is 254 g/mol. The van der Waals surface area contributed by atoms with Crippen molar-refractivity contribution in [3.05, 3.63) is 35.9 Å². The van der Waals surface area contributed by atoms with Gasteiger partial charge in [-0.05, 0) is 18.1 Å². The van der Waals surface area contributed by atoms with Crippen LogP contribution in [0.2, 0.25) is 0 Å². The van der Waals surface area contributed by atoms with E-state index in [1.807, 2.05) is 30.3 Å². The van der Waals surface area contributed by atoms with Gasteiger partial charge in [-0.2, -0.15) is 5.26 Å². The molecule has 98 valence electrons. The van der Waals surface area contributed by atoms with E-state index in [1.54, 1.807) is 0 Å². The molecule has 0 spiro atoms. The number of nitriles is 1. The second kappa shape index (κ2) is 5.68. The predicted molar refractivity (Wildman–Crippen MR) is 77.8 cm³/mol. The molecule has 0 aliphatic heterocycles. The Morgan fingerprint density at radius 1 is 1.37 bits per heavy atom. The summed E-state index contributed by atoms with van der Waals surface area (Å²) in [5.41, 5.74) is 7.42. The van der Waals surface area contributed by atoms with Crippen LogP contribution in [0.3, 0.4) is 0 Å². The number of fused-ring (bicyclic) bond motifs is 1. The van der Waals surface area contributed by atoms with Crippen LogP contribution in [0.4, 0.5) is 5.82 Å². The summed E-state index contributed by atoms with van der Waals surface area (Å²) in [6.45, 7) is 4.76. The lowest BCUT2D eigenvalue weighted by atomic mass is 10.1. The second-order valence-corrected chi connectivity index (χ2v) is 4.98. The van der Waals surface area contributed by atoms with Gasteiger partial charge in [0.05, 0.1) is 11.1 Å². The number of nitrogens with two attached hydrogens (primary N) is 1. The SMILES string of the molecule is CC(C)C(N)CNc1nc2ccccc2cc1C#N. The molecule has 1 unspecified atom stereocenters. The van der Waals surface area contributed by atoms with Gasteiger partial charge >= 0.3 is 0 Å². The van der Waals surface area contributed by atoms with Crippen molar-refractivity contribution >= 4 is 16.7 Å². The van der Waals surface area contributed by atoms with Crippen molar-refractivity contribution in [1.29, 1.82) is 5.26 Å². The molecule has 0 aliphatic carbocycles. The first-order valence-corrected chi connectivity index (χ1v) is 6.41. The predicted octanol–water partition coefficient (Wildman–Crippen LogP) is 2.50. The van der Waals surface area contributed by atoms with Gasteiger partial charge in [-0.3, -0.25) is 0 Å². The first-order chi connectivity index (χ1) is 9.11. The molecule has 4 nitrogen and oxygen atoms in total. The number of aromatic nitrogens is 1. The molecule has 0 bridgehead atoms. The number of rotatable bonds is 4. The third-order valence-corrected chi connectivity index (χ3v) is 3.21. The summed E-state index contributed by atoms with van der Waals surface area (Å²) < 4.78 is 0. The highest BCUT2D eigenvalue weighted by Crippen LogP contribution is 2.19. The molecule has 2 rings (SSSR count). The van der Waals surface area contributed by atoms with Gasteiger partial charge < -0.3 is 11.1 Å². The number of hydrogen-bond donors (Lipinski definition) is 2. The lowest BCUT2D eigenvalue weighted by molar-refractivity contribution is 0.511. The summed E-state index contributed by atoms with van der Waals surface area (Å²) in [5, 5.41) is 13.3. The molecule has 1 heterocycles. The van der Waals surface area contributed by atoms with Crippen LogP contribution in [0.5, 0.6) is 0 Å². The number of hydrogen-bond acceptors (Lipinski definition) is 4. The van der Waals surface area contributed by atoms with Crippen molar-refractivity contribution in [2.24, 2.45) is 11.7 Å². The van der Waals surface area contributed by atoms with Crippen LogP contribution in [-0.2, 0) is 0 Å². The van der Waals surface area contributed by atoms with Crippen molar-refractivity contribution in [2.75, 3.05) is 11.9 Å². The largest absolute Gasteiger partial charge is 0.367 e. The summed E-state index contributed by atoms with van der Waals surface area (Å²) in [4.78, 5) is 4.49. The topological polar surface area (TPSA) is 74.7 Å². The molecule has 0 aliphatic rings. The van der Waals surface area contributed by atoms with Gasteiger partial charge in [0.2, 0.25) is 0 Å². The summed E-state index contributed by atoms with van der Waals surface area (Å²) in [6.07, 6.45) is 0. The smallest absolute Gasteiger partial charge is 0.144 e. The molecule has 1 aromatic heterocycles. The van der Waals surface area contributed by atoms with Gasteiger partial charge in [0.15, 0.2) is 0 Å². The first kappa shape index (κ1) is 13.3. The van der Waals surface area contributed by atoms with Gasteiger partial charge in [0, 0.05) is 18.0 Å². The fourth-order valence-corrected chi connectivity index (χ4v) is 1.79. The zero-order valence-electron chi connectivity index (χ0n) is 11.2. The summed E-state index contributed by atoms with van der Waals surface area (Å²) in [6, 6.07) is 11.8. The van der Waals surface area contributed by atoms with E-state index in [9.17, 15) is 5.26 Å². The highest BCUT2D eigenvalue weighted by atomic mass is 15.0. The number of para-hydroxylation sites is 1. The lowest BCUT2D eigenvalue weighted by Crippen LogP contribution is -2.34. The van der Waals surface area contributed by atoms with E-state index in [4.69, 9.17) is 5.73 Å². The summed E-state index contributed by atoms with van der Waals surface area (Å²) >= 11 is 0. The van der Waals surface area contributed by atoms with E-state index in [1.165, 1.54) is 0 Å². The molecule has 0 saturated carbocycles. The number of nitrogens with zero attached hydrogens (tertiary/aromatic N) is 2. The highest BCUT2D eigenvalue weighted by Gasteiger charge is 2.10. The molecule has 2 aromatic rings. The van der Waals surface area contributed by atoms with Gasteiger partial charge in [-0.25, -0.2) is 4.98 Å². The normalized spacial score (nSPS) is 12.4. The average Bonchev–Trinajstić information content (AvgIpc) is 2.43. The molecule has 0 fully saturated rings. The Labute approximate surface area is 113 Å². The van der Waals surface area contributed by atoms with Crippen molar-refractivity contribution in [1.82, 2.24) is 4.98 Å². The minimum absolute atomic E-state index is 0.0415. The Kier molecular flexibility index (Phi) is 3.98. The Hall–Kier alpha value is -2.12. The number of nitrogens with one attached hydrogen (secondary N) is 1. The van der Waals surface area contributed by atoms with E-state index in [0.717, 1.165) is 10.9 Å². The number of anilines is 1. The number of pyridine rings is 1. The second-order valence-electron chi connectivity index (χ2n) is 4.98. The van der Waals surface area contributed by atoms with E-state index >= 15 is 0 Å². The summed E-state index contributed by atoms with van der Waals surface area (Å²) in [5.74, 6) is 0.996. The van der Waals surface area contributed by atoms with Gasteiger partial charge in [0.25, 0.3) is 0 Å². The summed E-state index contributed by atoms with van der Waals surface area (Å²) in [7, 11) is 0. The standard InChI is InChI=1S/C15H18N4/c1-10(2)13(17)9-18-15-12(8-16)7-11-5-3-4-6-14(11)19-15/h3-7,10,13H,9,17H2,1-2H3,(H,18,19). The van der Waals surface area contributed by atoms with Crippen LogP contribution < -0.4 is 11.1 Å². The molecule has 1 aromatic carbocycles. The molecule has 4 heteroatoms. The molecule has 19 heavy (non-hydrogen) atoms. The molecule has 1 atom stereocenters. The third-order valence-electron chi connectivity index (χ3n) is 3.21. The Balaban J connectivity index is 2.29. The first-order valence-electron chi connectivity index (χ1n) is 6.41. The minimum atomic E-state index is 0.0415. The maximum absolute atomic E-state index is 9.19. The van der Waals surface area contributed by atoms with Crippen molar-refractivity contribution < 1.29 is 0 Å². The fourth-order valence-electron chi connectivity index (χ4n) is 1.79. The van der Waals surface area contributed by atoms with Crippen LogP contribution in [0.25, 0.3) is 10.9 Å². The Morgan fingerprint density at radius 2 is 2.11 bits per heavy atom. The molecule has 3 N–H and O–H groups in total. The van der Waals surface area contributed by atoms with Crippen molar-refractivity contribution in [2.45, 2.75) is 19.9 Å². The van der Waals surface area contributed by atoms with Crippen LogP contribution in [0.15, 0.2) is 30.3 Å². The van der Waals surface area contributed by atoms with E-state index in [0.29, 0.717) is 23.8 Å². The van der Waals surface area contributed by atoms with E-state index < -0.39 is 0 Å². The maximum atomic E-state index is 9.19. The van der Waals surface area contributed by atoms with E-state index in [-0.39, 0.29) is 6.04 Å². The van der Waals surface area contributed by atoms with Gasteiger partial charge in [-0.1, -0.05) is 32.0 Å². The lowest BCUT2D eigenvalue weighted by Gasteiger charge is -2.17. The quantitative estimate of drug-likeness (QED) is 0.879. The molecule has 0 saturated heterocycles. The molecule has 0 radical (unpaired) electrons. The molecule has 0 amide bonds. The minimum Gasteiger partial charge on any atom is -0.367 e. The van der Waals surface area contributed by atoms with Crippen molar-refractivity contribution in [3.8, 4) is 6.07 Å². The van der Waals surface area contributed by atoms with Gasteiger partial charge in [0.1, 0.15) is 11.9 Å². The fraction of sp³-hybridized carbons (Fsp3) is 0.333. The van der Waals surface area contributed by atoms with Crippen LogP contribution in [-0.4, -0.2) is 17.6 Å². The van der Waals surface area contributed by atoms with Crippen molar-refractivity contribution in [3.63, 3.8) is 0 Å². The van der Waals surface area contributed by atoms with Gasteiger partial charge in [-0.15, -0.1) is 0 Å². The van der Waals surface area contributed by atoms with Crippen LogP contribution in [0.1, 0.15) is 19.4 Å². The zero-order valence-corrected chi connectivity index (χ0v) is 11.2. The average molecular weight is 254 g/mol. The number of benzene rings is 1. The van der Waals surface area contributed by atoms with Crippen LogP contribution >= 0.6 is 0 Å². The molecular weight excluding hydrogens is 236 g/mol. The molecular formula is C15H18N4. The van der Waals surface area contributed by atoms with E-state index in [2.05, 4.69) is 30.2 Å². The third kappa shape index (κ3) is 3.01. The van der Waals surface area contributed by atoms with Crippen LogP contribution in [0, 0.1) is 17.2 Å². The highest BCUT2D eigenvalue weighted by molar-refractivity contribution is 5.82. The Bertz CT molecular complexity index is 613. The maximum Gasteiger partial charge on any atom is 0.144 e.